The molecule has 0 radical (unpaired) electrons. The first-order chi connectivity index (χ1) is 9.86. The fraction of sp³-hybridized carbons (Fsp3) is 0.769. The second kappa shape index (κ2) is 5.98. The summed E-state index contributed by atoms with van der Waals surface area (Å²) in [5.74, 6) is 0.414. The maximum atomic E-state index is 11.3. The van der Waals surface area contributed by atoms with Crippen molar-refractivity contribution in [3.8, 4) is 0 Å². The van der Waals surface area contributed by atoms with E-state index in [1.54, 1.807) is 11.6 Å². The number of hydrogen-bond donors (Lipinski definition) is 2. The molecule has 8 nitrogen and oxygen atoms in total. The zero-order valence-corrected chi connectivity index (χ0v) is 12.9. The van der Waals surface area contributed by atoms with Crippen molar-refractivity contribution in [3.63, 3.8) is 0 Å². The Bertz CT molecular complexity index is 526. The lowest BCUT2D eigenvalue weighted by Crippen LogP contribution is -2.60. The van der Waals surface area contributed by atoms with E-state index in [1.165, 1.54) is 0 Å². The molecular formula is C13H23N5O3. The smallest absolute Gasteiger partial charge is 0.333 e. The molecule has 0 aliphatic heterocycles. The molecule has 21 heavy (non-hydrogen) atoms. The van der Waals surface area contributed by atoms with Crippen LogP contribution < -0.4 is 11.1 Å². The van der Waals surface area contributed by atoms with E-state index in [-0.39, 0.29) is 29.9 Å². The van der Waals surface area contributed by atoms with Crippen LogP contribution in [0.1, 0.15) is 38.9 Å². The highest BCUT2D eigenvalue weighted by molar-refractivity contribution is 5.61. The first-order valence-electron chi connectivity index (χ1n) is 7.24. The number of nitro groups is 1. The van der Waals surface area contributed by atoms with E-state index in [0.29, 0.717) is 18.1 Å². The molecule has 1 aliphatic carbocycles. The van der Waals surface area contributed by atoms with Crippen LogP contribution in [0.5, 0.6) is 0 Å². The predicted molar refractivity (Wildman–Crippen MR) is 79.4 cm³/mol. The highest BCUT2D eigenvalue weighted by Crippen LogP contribution is 2.34. The van der Waals surface area contributed by atoms with Crippen LogP contribution >= 0.6 is 0 Å². The number of rotatable bonds is 6. The summed E-state index contributed by atoms with van der Waals surface area (Å²) >= 11 is 0. The number of aryl methyl sites for hydroxylation is 1. The van der Waals surface area contributed by atoms with E-state index in [0.717, 1.165) is 6.42 Å². The van der Waals surface area contributed by atoms with Crippen molar-refractivity contribution < 1.29 is 9.66 Å². The van der Waals surface area contributed by atoms with Crippen molar-refractivity contribution in [1.82, 2.24) is 9.78 Å². The number of nitrogens with one attached hydrogen (secondary N) is 1. The van der Waals surface area contributed by atoms with Crippen molar-refractivity contribution in [2.24, 2.45) is 5.73 Å². The maximum absolute atomic E-state index is 11.3. The highest BCUT2D eigenvalue weighted by atomic mass is 16.6. The molecule has 1 saturated carbocycles. The predicted octanol–water partition coefficient (Wildman–Crippen LogP) is 1.60. The van der Waals surface area contributed by atoms with Crippen LogP contribution in [0.2, 0.25) is 0 Å². The van der Waals surface area contributed by atoms with Gasteiger partial charge in [-0.25, -0.2) is 4.68 Å². The Morgan fingerprint density at radius 1 is 1.62 bits per heavy atom. The van der Waals surface area contributed by atoms with Crippen LogP contribution in [0.15, 0.2) is 0 Å². The summed E-state index contributed by atoms with van der Waals surface area (Å²) in [4.78, 5) is 10.9. The quantitative estimate of drug-likeness (QED) is 0.610. The Hall–Kier alpha value is -1.67. The number of aromatic nitrogens is 2. The minimum Gasteiger partial charge on any atom is -0.376 e. The van der Waals surface area contributed by atoms with Crippen LogP contribution in [-0.2, 0) is 4.74 Å². The summed E-state index contributed by atoms with van der Waals surface area (Å²) in [6.45, 7) is 8.03. The molecule has 0 saturated heterocycles. The molecule has 1 fully saturated rings. The lowest BCUT2D eigenvalue weighted by Gasteiger charge is -2.42. The van der Waals surface area contributed by atoms with E-state index in [9.17, 15) is 10.1 Å². The van der Waals surface area contributed by atoms with Crippen LogP contribution in [0.3, 0.4) is 0 Å². The summed E-state index contributed by atoms with van der Waals surface area (Å²) in [5, 5.41) is 18.8. The minimum atomic E-state index is -0.399. The normalized spacial score (nSPS) is 25.0. The summed E-state index contributed by atoms with van der Waals surface area (Å²) < 4.78 is 7.24. The van der Waals surface area contributed by atoms with Crippen molar-refractivity contribution >= 4 is 11.5 Å². The Kier molecular flexibility index (Phi) is 4.48. The van der Waals surface area contributed by atoms with Gasteiger partial charge in [0.05, 0.1) is 17.1 Å². The number of ether oxygens (including phenoxy) is 1. The van der Waals surface area contributed by atoms with Gasteiger partial charge in [0.2, 0.25) is 5.82 Å². The first-order valence-corrected chi connectivity index (χ1v) is 7.24. The molecule has 3 atom stereocenters. The van der Waals surface area contributed by atoms with Gasteiger partial charge in [-0.15, -0.1) is 0 Å². The number of nitrogens with two attached hydrogens (primary N) is 1. The fourth-order valence-electron chi connectivity index (χ4n) is 2.65. The number of nitrogens with zero attached hydrogens (tertiary/aromatic N) is 3. The molecule has 0 aromatic carbocycles. The topological polar surface area (TPSA) is 108 Å². The van der Waals surface area contributed by atoms with Crippen LogP contribution in [0.25, 0.3) is 0 Å². The lowest BCUT2D eigenvalue weighted by molar-refractivity contribution is -0.384. The van der Waals surface area contributed by atoms with Gasteiger partial charge in [-0.2, -0.15) is 5.10 Å². The molecule has 0 bridgehead atoms. The second-order valence-corrected chi connectivity index (χ2v) is 5.64. The van der Waals surface area contributed by atoms with Crippen molar-refractivity contribution in [1.29, 1.82) is 0 Å². The van der Waals surface area contributed by atoms with Gasteiger partial charge in [0.1, 0.15) is 5.69 Å². The molecule has 0 amide bonds. The summed E-state index contributed by atoms with van der Waals surface area (Å²) in [5.41, 5.74) is 6.42. The second-order valence-electron chi connectivity index (χ2n) is 5.64. The molecule has 1 heterocycles. The maximum Gasteiger partial charge on any atom is 0.333 e. The summed E-state index contributed by atoms with van der Waals surface area (Å²) in [6.07, 6.45) is 0.745. The molecule has 3 unspecified atom stereocenters. The van der Waals surface area contributed by atoms with Gasteiger partial charge in [0.25, 0.3) is 0 Å². The number of hydrogen-bond acceptors (Lipinski definition) is 6. The van der Waals surface area contributed by atoms with E-state index in [1.807, 2.05) is 20.8 Å². The van der Waals surface area contributed by atoms with Crippen LogP contribution in [0.4, 0.5) is 11.5 Å². The molecule has 3 N–H and O–H groups in total. The zero-order chi connectivity index (χ0) is 15.7. The Labute approximate surface area is 123 Å². The van der Waals surface area contributed by atoms with E-state index in [2.05, 4.69) is 10.4 Å². The van der Waals surface area contributed by atoms with Gasteiger partial charge in [0.15, 0.2) is 0 Å². The molecular weight excluding hydrogens is 274 g/mol. The third-order valence-electron chi connectivity index (χ3n) is 3.78. The Morgan fingerprint density at radius 3 is 2.76 bits per heavy atom. The summed E-state index contributed by atoms with van der Waals surface area (Å²) in [6, 6.07) is -0.184. The highest BCUT2D eigenvalue weighted by Gasteiger charge is 2.41. The third-order valence-corrected chi connectivity index (χ3v) is 3.78. The van der Waals surface area contributed by atoms with Gasteiger partial charge in [0, 0.05) is 18.7 Å². The third kappa shape index (κ3) is 2.86. The molecule has 1 aromatic heterocycles. The van der Waals surface area contributed by atoms with Gasteiger partial charge >= 0.3 is 5.69 Å². The van der Waals surface area contributed by atoms with Crippen molar-refractivity contribution in [2.45, 2.75) is 58.3 Å². The fourth-order valence-corrected chi connectivity index (χ4v) is 2.65. The van der Waals surface area contributed by atoms with Gasteiger partial charge in [-0.1, -0.05) is 0 Å². The van der Waals surface area contributed by atoms with E-state index in [4.69, 9.17) is 10.5 Å². The largest absolute Gasteiger partial charge is 0.376 e. The van der Waals surface area contributed by atoms with Crippen molar-refractivity contribution in [2.75, 3.05) is 11.9 Å². The molecule has 118 valence electrons. The van der Waals surface area contributed by atoms with Crippen molar-refractivity contribution in [3.05, 3.63) is 15.8 Å². The Balaban J connectivity index is 2.31. The first kappa shape index (κ1) is 15.7. The van der Waals surface area contributed by atoms with Crippen LogP contribution in [-0.4, -0.2) is 39.5 Å². The minimum absolute atomic E-state index is 0.0121. The molecule has 1 aromatic rings. The lowest BCUT2D eigenvalue weighted by atomic mass is 9.83. The average molecular weight is 297 g/mol. The summed E-state index contributed by atoms with van der Waals surface area (Å²) in [7, 11) is 0. The standard InChI is InChI=1S/C13H23N5O3/c1-5-21-10-6-9(14)11(10)15-13-12(18(19)20)8(4)16-17(13)7(2)3/h7,9-11,15H,5-6,14H2,1-4H3. The van der Waals surface area contributed by atoms with Gasteiger partial charge in [-0.05, 0) is 34.1 Å². The molecule has 8 heteroatoms. The zero-order valence-electron chi connectivity index (χ0n) is 12.9. The SMILES string of the molecule is CCOC1CC(N)C1Nc1c([N+](=O)[O-])c(C)nn1C(C)C. The average Bonchev–Trinajstić information content (AvgIpc) is 2.73. The van der Waals surface area contributed by atoms with Gasteiger partial charge < -0.3 is 15.8 Å². The Morgan fingerprint density at radius 2 is 2.29 bits per heavy atom. The molecule has 0 spiro atoms. The van der Waals surface area contributed by atoms with Gasteiger partial charge in [-0.3, -0.25) is 10.1 Å². The monoisotopic (exact) mass is 297 g/mol. The van der Waals surface area contributed by atoms with E-state index >= 15 is 0 Å². The van der Waals surface area contributed by atoms with E-state index < -0.39 is 4.92 Å². The molecule has 1 aliphatic rings. The number of anilines is 1. The van der Waals surface area contributed by atoms with Crippen LogP contribution in [0, 0.1) is 17.0 Å². The molecule has 2 rings (SSSR count).